The van der Waals surface area contributed by atoms with Crippen LogP contribution < -0.4 is 11.2 Å². The van der Waals surface area contributed by atoms with Gasteiger partial charge in [-0.2, -0.15) is 5.10 Å². The largest absolute Gasteiger partial charge is 0.382 e. The minimum Gasteiger partial charge on any atom is -0.382 e. The molecule has 20 heavy (non-hydrogen) atoms. The first-order valence-corrected chi connectivity index (χ1v) is 6.10. The number of carbonyl (C=O) groups excluding carboxylic acids is 1. The maximum Gasteiger partial charge on any atom is 0.332 e. The standard InChI is InChI=1S/C15H15N3O2/c16-15(20)18-17-13(11-7-3-1-4-8-11)14(19)12-9-5-2-6-10-12/h1-10,14,19H,(H3,16,18,20)/b17-13+. The first-order chi connectivity index (χ1) is 9.68. The fourth-order valence-electron chi connectivity index (χ4n) is 1.80. The Bertz CT molecular complexity index is 597. The van der Waals surface area contributed by atoms with E-state index in [1.807, 2.05) is 36.4 Å². The van der Waals surface area contributed by atoms with Gasteiger partial charge in [-0.05, 0) is 5.56 Å². The Morgan fingerprint density at radius 1 is 1.05 bits per heavy atom. The summed E-state index contributed by atoms with van der Waals surface area (Å²) in [7, 11) is 0. The van der Waals surface area contributed by atoms with Crippen molar-refractivity contribution in [2.75, 3.05) is 0 Å². The molecule has 0 radical (unpaired) electrons. The second kappa shape index (κ2) is 6.49. The number of hydrogen-bond acceptors (Lipinski definition) is 3. The van der Waals surface area contributed by atoms with Gasteiger partial charge >= 0.3 is 6.03 Å². The predicted octanol–water partition coefficient (Wildman–Crippen LogP) is 1.79. The van der Waals surface area contributed by atoms with Gasteiger partial charge in [0.2, 0.25) is 0 Å². The SMILES string of the molecule is NC(=O)N/N=C(\c1ccccc1)C(O)c1ccccc1. The van der Waals surface area contributed by atoms with Crippen LogP contribution in [0.15, 0.2) is 65.8 Å². The molecule has 102 valence electrons. The van der Waals surface area contributed by atoms with Crippen LogP contribution in [0.25, 0.3) is 0 Å². The molecule has 5 nitrogen and oxygen atoms in total. The van der Waals surface area contributed by atoms with E-state index >= 15 is 0 Å². The van der Waals surface area contributed by atoms with Crippen LogP contribution in [-0.4, -0.2) is 16.8 Å². The van der Waals surface area contributed by atoms with Gasteiger partial charge in [0.15, 0.2) is 0 Å². The van der Waals surface area contributed by atoms with Crippen molar-refractivity contribution < 1.29 is 9.90 Å². The zero-order valence-electron chi connectivity index (χ0n) is 10.7. The van der Waals surface area contributed by atoms with Gasteiger partial charge in [0, 0.05) is 5.56 Å². The van der Waals surface area contributed by atoms with Crippen LogP contribution in [0.5, 0.6) is 0 Å². The number of benzene rings is 2. The number of nitrogens with one attached hydrogen (secondary N) is 1. The van der Waals surface area contributed by atoms with Gasteiger partial charge in [0.05, 0.1) is 0 Å². The molecule has 1 unspecified atom stereocenters. The van der Waals surface area contributed by atoms with E-state index in [0.29, 0.717) is 16.8 Å². The van der Waals surface area contributed by atoms with Crippen LogP contribution in [0.2, 0.25) is 0 Å². The summed E-state index contributed by atoms with van der Waals surface area (Å²) >= 11 is 0. The molecule has 2 aromatic carbocycles. The van der Waals surface area contributed by atoms with E-state index in [2.05, 4.69) is 10.5 Å². The number of aliphatic hydroxyl groups is 1. The molecule has 0 spiro atoms. The molecule has 2 amide bonds. The number of nitrogens with zero attached hydrogens (tertiary/aromatic N) is 1. The topological polar surface area (TPSA) is 87.7 Å². The minimum atomic E-state index is -0.953. The third-order valence-corrected chi connectivity index (χ3v) is 2.73. The number of carbonyl (C=O) groups is 1. The average molecular weight is 269 g/mol. The first kappa shape index (κ1) is 13.8. The summed E-state index contributed by atoms with van der Waals surface area (Å²) in [6, 6.07) is 17.4. The molecule has 2 aromatic rings. The third kappa shape index (κ3) is 3.43. The predicted molar refractivity (Wildman–Crippen MR) is 77.1 cm³/mol. The van der Waals surface area contributed by atoms with Crippen molar-refractivity contribution in [1.29, 1.82) is 0 Å². The molecule has 1 atom stereocenters. The summed E-state index contributed by atoms with van der Waals surface area (Å²) in [4.78, 5) is 10.8. The summed E-state index contributed by atoms with van der Waals surface area (Å²) in [5.74, 6) is 0. The highest BCUT2D eigenvalue weighted by molar-refractivity contribution is 6.04. The van der Waals surface area contributed by atoms with E-state index in [9.17, 15) is 9.90 Å². The van der Waals surface area contributed by atoms with Crippen LogP contribution in [0.3, 0.4) is 0 Å². The van der Waals surface area contributed by atoms with Crippen LogP contribution in [0.4, 0.5) is 4.79 Å². The van der Waals surface area contributed by atoms with E-state index in [0.717, 1.165) is 0 Å². The lowest BCUT2D eigenvalue weighted by Gasteiger charge is -2.14. The Kier molecular flexibility index (Phi) is 4.47. The number of hydrogen-bond donors (Lipinski definition) is 3. The minimum absolute atomic E-state index is 0.329. The summed E-state index contributed by atoms with van der Waals surface area (Å²) in [6.45, 7) is 0. The molecule has 0 aliphatic rings. The molecular weight excluding hydrogens is 254 g/mol. The molecule has 0 fully saturated rings. The van der Waals surface area contributed by atoms with Crippen LogP contribution >= 0.6 is 0 Å². The Hall–Kier alpha value is -2.66. The monoisotopic (exact) mass is 269 g/mol. The molecule has 0 saturated heterocycles. The van der Waals surface area contributed by atoms with E-state index in [4.69, 9.17) is 5.73 Å². The van der Waals surface area contributed by atoms with Gasteiger partial charge in [-0.1, -0.05) is 60.7 Å². The highest BCUT2D eigenvalue weighted by atomic mass is 16.3. The van der Waals surface area contributed by atoms with Gasteiger partial charge in [-0.15, -0.1) is 0 Å². The zero-order chi connectivity index (χ0) is 14.4. The smallest absolute Gasteiger partial charge is 0.332 e. The highest BCUT2D eigenvalue weighted by Gasteiger charge is 2.17. The summed E-state index contributed by atoms with van der Waals surface area (Å²) in [5, 5.41) is 14.3. The summed E-state index contributed by atoms with van der Waals surface area (Å²) in [6.07, 6.45) is -0.953. The number of rotatable bonds is 4. The van der Waals surface area contributed by atoms with E-state index in [1.165, 1.54) is 0 Å². The lowest BCUT2D eigenvalue weighted by Crippen LogP contribution is -2.27. The molecule has 5 heteroatoms. The van der Waals surface area contributed by atoms with Gasteiger partial charge < -0.3 is 10.8 Å². The van der Waals surface area contributed by atoms with Gasteiger partial charge in [-0.3, -0.25) is 0 Å². The third-order valence-electron chi connectivity index (χ3n) is 2.73. The lowest BCUT2D eigenvalue weighted by molar-refractivity contribution is 0.244. The Balaban J connectivity index is 2.37. The first-order valence-electron chi connectivity index (χ1n) is 6.10. The van der Waals surface area contributed by atoms with Crippen molar-refractivity contribution in [1.82, 2.24) is 5.43 Å². The number of hydrazone groups is 1. The summed E-state index contributed by atoms with van der Waals surface area (Å²) in [5.41, 5.74) is 8.90. The van der Waals surface area contributed by atoms with E-state index in [-0.39, 0.29) is 0 Å². The molecule has 2 rings (SSSR count). The number of aliphatic hydroxyl groups excluding tert-OH is 1. The van der Waals surface area contributed by atoms with Crippen molar-refractivity contribution in [2.24, 2.45) is 10.8 Å². The Morgan fingerprint density at radius 3 is 2.15 bits per heavy atom. The summed E-state index contributed by atoms with van der Waals surface area (Å²) < 4.78 is 0. The molecule has 0 aromatic heterocycles. The molecule has 4 N–H and O–H groups in total. The normalized spacial score (nSPS) is 12.8. The Morgan fingerprint density at radius 2 is 1.60 bits per heavy atom. The van der Waals surface area contributed by atoms with Crippen LogP contribution in [0, 0.1) is 0 Å². The van der Waals surface area contributed by atoms with Crippen molar-refractivity contribution in [2.45, 2.75) is 6.10 Å². The van der Waals surface area contributed by atoms with Crippen LogP contribution in [0.1, 0.15) is 17.2 Å². The lowest BCUT2D eigenvalue weighted by atomic mass is 9.99. The molecular formula is C15H15N3O2. The fraction of sp³-hybridized carbons (Fsp3) is 0.0667. The van der Waals surface area contributed by atoms with Crippen molar-refractivity contribution in [3.05, 3.63) is 71.8 Å². The molecule has 0 heterocycles. The second-order valence-corrected chi connectivity index (χ2v) is 4.15. The number of amides is 2. The van der Waals surface area contributed by atoms with Crippen LogP contribution in [-0.2, 0) is 0 Å². The number of primary amides is 1. The van der Waals surface area contributed by atoms with E-state index in [1.54, 1.807) is 24.3 Å². The maximum absolute atomic E-state index is 10.8. The second-order valence-electron chi connectivity index (χ2n) is 4.15. The van der Waals surface area contributed by atoms with Gasteiger partial charge in [-0.25, -0.2) is 10.2 Å². The average Bonchev–Trinajstić information content (AvgIpc) is 2.49. The highest BCUT2D eigenvalue weighted by Crippen LogP contribution is 2.18. The van der Waals surface area contributed by atoms with Crippen molar-refractivity contribution >= 4 is 11.7 Å². The quantitative estimate of drug-likeness (QED) is 0.583. The zero-order valence-corrected chi connectivity index (χ0v) is 10.7. The van der Waals surface area contributed by atoms with Gasteiger partial charge in [0.25, 0.3) is 0 Å². The fourth-order valence-corrected chi connectivity index (χ4v) is 1.80. The molecule has 0 aliphatic heterocycles. The van der Waals surface area contributed by atoms with Crippen molar-refractivity contribution in [3.63, 3.8) is 0 Å². The molecule has 0 aliphatic carbocycles. The number of urea groups is 1. The molecule has 0 saturated carbocycles. The Labute approximate surface area is 116 Å². The number of nitrogens with two attached hydrogens (primary N) is 1. The maximum atomic E-state index is 10.8. The van der Waals surface area contributed by atoms with Crippen molar-refractivity contribution in [3.8, 4) is 0 Å². The van der Waals surface area contributed by atoms with Gasteiger partial charge in [0.1, 0.15) is 11.8 Å². The van der Waals surface area contributed by atoms with E-state index < -0.39 is 12.1 Å². The molecule has 0 bridgehead atoms.